The molecule has 1 amide bonds. The zero-order chi connectivity index (χ0) is 17.3. The molecule has 1 fully saturated rings. The van der Waals surface area contributed by atoms with Gasteiger partial charge in [0.2, 0.25) is 5.91 Å². The van der Waals surface area contributed by atoms with Crippen LogP contribution in [0.1, 0.15) is 17.0 Å². The van der Waals surface area contributed by atoms with Gasteiger partial charge in [-0.3, -0.25) is 9.69 Å². The molecule has 124 valence electrons. The Morgan fingerprint density at radius 3 is 1.88 bits per heavy atom. The smallest absolute Gasteiger partial charge is 0.239 e. The second-order valence-electron chi connectivity index (χ2n) is 6.12. The summed E-state index contributed by atoms with van der Waals surface area (Å²) in [6, 6.07) is 30.4. The molecule has 0 N–H and O–H groups in total. The lowest BCUT2D eigenvalue weighted by molar-refractivity contribution is -0.127. The fraction of sp³-hybridized carbons (Fsp3) is 0.136. The van der Waals surface area contributed by atoms with Crippen LogP contribution in [0.5, 0.6) is 0 Å². The SMILES string of the molecule is CSC1(c2ccccc2)C(c2ccccc2)C(=O)N1c1ccccc1. The van der Waals surface area contributed by atoms with Crippen LogP contribution in [0.25, 0.3) is 0 Å². The lowest BCUT2D eigenvalue weighted by Crippen LogP contribution is -2.65. The summed E-state index contributed by atoms with van der Waals surface area (Å²) in [5.74, 6) is -0.0399. The number of rotatable bonds is 4. The maximum atomic E-state index is 13.2. The molecule has 3 heteroatoms. The summed E-state index contributed by atoms with van der Waals surface area (Å²) in [7, 11) is 0. The van der Waals surface area contributed by atoms with Crippen molar-refractivity contribution in [1.82, 2.24) is 0 Å². The Morgan fingerprint density at radius 2 is 1.32 bits per heavy atom. The first-order chi connectivity index (χ1) is 12.3. The van der Waals surface area contributed by atoms with E-state index in [4.69, 9.17) is 0 Å². The van der Waals surface area contributed by atoms with Crippen LogP contribution in [0.15, 0.2) is 91.0 Å². The van der Waals surface area contributed by atoms with Crippen LogP contribution in [-0.4, -0.2) is 12.2 Å². The Hall–Kier alpha value is -2.52. The van der Waals surface area contributed by atoms with Crippen LogP contribution >= 0.6 is 11.8 Å². The van der Waals surface area contributed by atoms with Gasteiger partial charge in [-0.25, -0.2) is 0 Å². The lowest BCUT2D eigenvalue weighted by Gasteiger charge is -2.57. The largest absolute Gasteiger partial charge is 0.291 e. The maximum Gasteiger partial charge on any atom is 0.239 e. The molecule has 25 heavy (non-hydrogen) atoms. The third kappa shape index (κ3) is 2.38. The van der Waals surface area contributed by atoms with Gasteiger partial charge in [0.05, 0.1) is 0 Å². The predicted octanol–water partition coefficient (Wildman–Crippen LogP) is 5.03. The molecule has 0 saturated carbocycles. The Labute approximate surface area is 152 Å². The van der Waals surface area contributed by atoms with E-state index in [-0.39, 0.29) is 11.8 Å². The van der Waals surface area contributed by atoms with Crippen molar-refractivity contribution in [2.24, 2.45) is 0 Å². The van der Waals surface area contributed by atoms with Crippen molar-refractivity contribution in [3.8, 4) is 0 Å². The van der Waals surface area contributed by atoms with E-state index >= 15 is 0 Å². The zero-order valence-electron chi connectivity index (χ0n) is 14.0. The molecule has 0 aromatic heterocycles. The van der Waals surface area contributed by atoms with Gasteiger partial charge in [-0.05, 0) is 29.5 Å². The average molecular weight is 345 g/mol. The maximum absolute atomic E-state index is 13.2. The highest BCUT2D eigenvalue weighted by atomic mass is 32.2. The van der Waals surface area contributed by atoms with Crippen molar-refractivity contribution >= 4 is 23.4 Å². The molecule has 2 atom stereocenters. The van der Waals surface area contributed by atoms with Gasteiger partial charge in [-0.2, -0.15) is 0 Å². The minimum atomic E-state index is -0.430. The Kier molecular flexibility index (Phi) is 4.10. The van der Waals surface area contributed by atoms with Crippen LogP contribution in [0, 0.1) is 0 Å². The van der Waals surface area contributed by atoms with E-state index in [9.17, 15) is 4.79 Å². The van der Waals surface area contributed by atoms with Gasteiger partial charge in [0.1, 0.15) is 10.8 Å². The Morgan fingerprint density at radius 1 is 0.800 bits per heavy atom. The predicted molar refractivity (Wildman–Crippen MR) is 105 cm³/mol. The van der Waals surface area contributed by atoms with Gasteiger partial charge in [-0.1, -0.05) is 78.9 Å². The highest BCUT2D eigenvalue weighted by Gasteiger charge is 2.61. The molecule has 3 aromatic carbocycles. The van der Waals surface area contributed by atoms with Crippen molar-refractivity contribution in [1.29, 1.82) is 0 Å². The number of hydrogen-bond donors (Lipinski definition) is 0. The van der Waals surface area contributed by atoms with Crippen LogP contribution in [-0.2, 0) is 9.67 Å². The molecule has 1 saturated heterocycles. The molecule has 2 nitrogen and oxygen atoms in total. The van der Waals surface area contributed by atoms with Gasteiger partial charge >= 0.3 is 0 Å². The third-order valence-corrected chi connectivity index (χ3v) is 6.11. The molecule has 0 aliphatic carbocycles. The molecule has 2 unspecified atom stereocenters. The van der Waals surface area contributed by atoms with Crippen molar-refractivity contribution in [3.05, 3.63) is 102 Å². The first-order valence-electron chi connectivity index (χ1n) is 8.34. The van der Waals surface area contributed by atoms with Crippen LogP contribution in [0.3, 0.4) is 0 Å². The molecule has 1 heterocycles. The molecular formula is C22H19NOS. The number of amides is 1. The molecule has 3 aromatic rings. The lowest BCUT2D eigenvalue weighted by atomic mass is 9.76. The summed E-state index contributed by atoms with van der Waals surface area (Å²) in [4.78, 5) is 14.7. The summed E-state index contributed by atoms with van der Waals surface area (Å²) >= 11 is 1.73. The Bertz CT molecular complexity index is 815. The van der Waals surface area contributed by atoms with Crippen LogP contribution < -0.4 is 4.90 Å². The first kappa shape index (κ1) is 16.0. The second kappa shape index (κ2) is 6.41. The number of benzene rings is 3. The number of anilines is 1. The van der Waals surface area contributed by atoms with E-state index in [1.807, 2.05) is 71.6 Å². The summed E-state index contributed by atoms with van der Waals surface area (Å²) in [5.41, 5.74) is 3.16. The monoisotopic (exact) mass is 345 g/mol. The fourth-order valence-electron chi connectivity index (χ4n) is 3.73. The van der Waals surface area contributed by atoms with Crippen LogP contribution in [0.2, 0.25) is 0 Å². The van der Waals surface area contributed by atoms with Crippen molar-refractivity contribution in [3.63, 3.8) is 0 Å². The average Bonchev–Trinajstić information content (AvgIpc) is 2.68. The minimum Gasteiger partial charge on any atom is -0.291 e. The van der Waals surface area contributed by atoms with Gasteiger partial charge in [0.25, 0.3) is 0 Å². The number of β-lactam (4-membered cyclic amide) rings is 1. The van der Waals surface area contributed by atoms with Crippen molar-refractivity contribution in [2.75, 3.05) is 11.2 Å². The molecule has 4 rings (SSSR count). The summed E-state index contributed by atoms with van der Waals surface area (Å²) in [6.45, 7) is 0. The highest BCUT2D eigenvalue weighted by molar-refractivity contribution is 7.99. The molecule has 1 aliphatic rings. The van der Waals surface area contributed by atoms with Gasteiger partial charge in [0, 0.05) is 5.69 Å². The number of carbonyl (C=O) groups is 1. The summed E-state index contributed by atoms with van der Waals surface area (Å²) < 4.78 is 0. The van der Waals surface area contributed by atoms with E-state index in [0.29, 0.717) is 0 Å². The number of nitrogens with zero attached hydrogens (tertiary/aromatic N) is 1. The van der Waals surface area contributed by atoms with E-state index in [1.165, 1.54) is 0 Å². The number of carbonyl (C=O) groups excluding carboxylic acids is 1. The molecule has 0 bridgehead atoms. The normalized spacial score (nSPS) is 22.5. The van der Waals surface area contributed by atoms with Gasteiger partial charge < -0.3 is 0 Å². The highest BCUT2D eigenvalue weighted by Crippen LogP contribution is 2.59. The van der Waals surface area contributed by atoms with E-state index < -0.39 is 4.87 Å². The Balaban J connectivity index is 1.90. The zero-order valence-corrected chi connectivity index (χ0v) is 14.8. The number of para-hydroxylation sites is 1. The molecule has 1 aliphatic heterocycles. The van der Waals surface area contributed by atoms with Crippen LogP contribution in [0.4, 0.5) is 5.69 Å². The van der Waals surface area contributed by atoms with Crippen molar-refractivity contribution < 1.29 is 4.79 Å². The molecular weight excluding hydrogens is 326 g/mol. The van der Waals surface area contributed by atoms with E-state index in [1.54, 1.807) is 11.8 Å². The van der Waals surface area contributed by atoms with E-state index in [0.717, 1.165) is 16.8 Å². The second-order valence-corrected chi connectivity index (χ2v) is 7.15. The first-order valence-corrected chi connectivity index (χ1v) is 9.56. The topological polar surface area (TPSA) is 20.3 Å². The number of hydrogen-bond acceptors (Lipinski definition) is 2. The fourth-order valence-corrected chi connectivity index (χ4v) is 4.96. The standard InChI is InChI=1S/C22H19NOS/c1-25-22(18-13-7-3-8-14-18)20(17-11-5-2-6-12-17)21(24)23(22)19-15-9-4-10-16-19/h2-16,20H,1H3. The molecule has 0 spiro atoms. The summed E-state index contributed by atoms with van der Waals surface area (Å²) in [5, 5.41) is 0. The van der Waals surface area contributed by atoms with E-state index in [2.05, 4.69) is 30.5 Å². The molecule has 0 radical (unpaired) electrons. The van der Waals surface area contributed by atoms with Crippen molar-refractivity contribution in [2.45, 2.75) is 10.8 Å². The quantitative estimate of drug-likeness (QED) is 0.618. The minimum absolute atomic E-state index is 0.149. The van der Waals surface area contributed by atoms with Gasteiger partial charge in [-0.15, -0.1) is 11.8 Å². The summed E-state index contributed by atoms with van der Waals surface area (Å²) in [6.07, 6.45) is 2.09. The third-order valence-electron chi connectivity index (χ3n) is 4.84. The number of thioether (sulfide) groups is 1. The van der Waals surface area contributed by atoms with Gasteiger partial charge in [0.15, 0.2) is 0 Å².